The van der Waals surface area contributed by atoms with Crippen LogP contribution in [0.5, 0.6) is 0 Å². The average molecular weight is 640 g/mol. The van der Waals surface area contributed by atoms with Crippen LogP contribution < -0.4 is 10.6 Å². The minimum atomic E-state index is -0.645. The van der Waals surface area contributed by atoms with E-state index in [2.05, 4.69) is 10.6 Å². The van der Waals surface area contributed by atoms with Crippen molar-refractivity contribution in [3.63, 3.8) is 0 Å². The van der Waals surface area contributed by atoms with E-state index in [0.29, 0.717) is 63.1 Å². The highest BCUT2D eigenvalue weighted by Crippen LogP contribution is 2.46. The van der Waals surface area contributed by atoms with Crippen LogP contribution in [-0.2, 0) is 28.5 Å². The van der Waals surface area contributed by atoms with E-state index in [4.69, 9.17) is 18.9 Å². The maximum absolute atomic E-state index is 12.9. The van der Waals surface area contributed by atoms with Crippen molar-refractivity contribution in [2.45, 2.75) is 38.5 Å². The number of esters is 1. The van der Waals surface area contributed by atoms with Crippen molar-refractivity contribution in [1.82, 2.24) is 15.5 Å². The highest BCUT2D eigenvalue weighted by Gasteiger charge is 2.31. The zero-order chi connectivity index (χ0) is 33.5. The first kappa shape index (κ1) is 36.3. The normalized spacial score (nSPS) is 11.9. The third kappa shape index (κ3) is 10.7. The fraction of sp³-hybridized carbons (Fsp3) is 0.500. The first-order valence-corrected chi connectivity index (χ1v) is 15.5. The molecule has 0 saturated heterocycles. The Morgan fingerprint density at radius 3 is 1.85 bits per heavy atom. The van der Waals surface area contributed by atoms with Crippen LogP contribution in [0.15, 0.2) is 36.4 Å². The largest absolute Gasteiger partial charge is 0.465 e. The summed E-state index contributed by atoms with van der Waals surface area (Å²) >= 11 is 0. The maximum Gasteiger partial charge on any atom is 0.407 e. The Labute approximate surface area is 270 Å². The number of amides is 2. The standard InChI is InChI=1S/C34H45N3O9/c1-23(38)45-18-15-37(21-33(41)35-2)14-13-36-34(42)46-22-30-28-19-24(31(39)7-5-16-43-3)9-11-26(28)27-12-10-25(20-29(27)30)32(40)8-6-17-44-4/h9-12,19-20,30H,5-8,13-18,21-22H2,1-4H3,(H,35,41)(H,36,42). The van der Waals surface area contributed by atoms with E-state index in [-0.39, 0.29) is 49.7 Å². The van der Waals surface area contributed by atoms with Crippen LogP contribution >= 0.6 is 0 Å². The minimum Gasteiger partial charge on any atom is -0.465 e. The number of rotatable bonds is 20. The Hall–Kier alpha value is -4.13. The number of hydrogen-bond acceptors (Lipinski definition) is 10. The number of likely N-dealkylation sites (N-methyl/N-ethyl adjacent to an activating group) is 1. The van der Waals surface area contributed by atoms with Gasteiger partial charge in [0.15, 0.2) is 11.6 Å². The van der Waals surface area contributed by atoms with Gasteiger partial charge in [-0.25, -0.2) is 4.79 Å². The molecule has 2 N–H and O–H groups in total. The van der Waals surface area contributed by atoms with Crippen LogP contribution in [0.2, 0.25) is 0 Å². The number of ketones is 2. The molecule has 2 amide bonds. The van der Waals surface area contributed by atoms with E-state index >= 15 is 0 Å². The van der Waals surface area contributed by atoms with Crippen molar-refractivity contribution < 1.29 is 42.9 Å². The number of hydrogen-bond donors (Lipinski definition) is 2. The molecule has 2 aromatic carbocycles. The molecule has 3 rings (SSSR count). The molecular formula is C34H45N3O9. The Kier molecular flexibility index (Phi) is 14.8. The van der Waals surface area contributed by atoms with Gasteiger partial charge in [-0.2, -0.15) is 0 Å². The van der Waals surface area contributed by atoms with Gasteiger partial charge >= 0.3 is 12.1 Å². The molecular weight excluding hydrogens is 594 g/mol. The predicted octanol–water partition coefficient (Wildman–Crippen LogP) is 3.35. The molecule has 250 valence electrons. The van der Waals surface area contributed by atoms with Crippen molar-refractivity contribution in [3.05, 3.63) is 58.7 Å². The van der Waals surface area contributed by atoms with E-state index in [1.807, 2.05) is 36.4 Å². The monoisotopic (exact) mass is 639 g/mol. The van der Waals surface area contributed by atoms with Crippen molar-refractivity contribution in [2.75, 3.05) is 73.9 Å². The van der Waals surface area contributed by atoms with Gasteiger partial charge in [0, 0.05) is 90.9 Å². The summed E-state index contributed by atoms with van der Waals surface area (Å²) in [5.74, 6) is -1.02. The Balaban J connectivity index is 1.73. The number of ether oxygens (including phenoxy) is 4. The third-order valence-corrected chi connectivity index (χ3v) is 7.73. The number of nitrogens with zero attached hydrogens (tertiary/aromatic N) is 1. The summed E-state index contributed by atoms with van der Waals surface area (Å²) in [6.07, 6.45) is 1.27. The molecule has 0 aromatic heterocycles. The van der Waals surface area contributed by atoms with Gasteiger partial charge in [-0.3, -0.25) is 24.1 Å². The van der Waals surface area contributed by atoms with Crippen molar-refractivity contribution in [1.29, 1.82) is 0 Å². The fourth-order valence-corrected chi connectivity index (χ4v) is 5.33. The average Bonchev–Trinajstić information content (AvgIpc) is 3.35. The Bertz CT molecular complexity index is 1310. The summed E-state index contributed by atoms with van der Waals surface area (Å²) in [5.41, 5.74) is 4.69. The van der Waals surface area contributed by atoms with Crippen molar-refractivity contribution in [2.24, 2.45) is 0 Å². The molecule has 46 heavy (non-hydrogen) atoms. The van der Waals surface area contributed by atoms with Gasteiger partial charge in [-0.1, -0.05) is 24.3 Å². The Morgan fingerprint density at radius 1 is 0.783 bits per heavy atom. The highest BCUT2D eigenvalue weighted by atomic mass is 16.5. The van der Waals surface area contributed by atoms with E-state index in [1.54, 1.807) is 19.1 Å². The van der Waals surface area contributed by atoms with Gasteiger partial charge in [0.1, 0.15) is 13.2 Å². The van der Waals surface area contributed by atoms with E-state index in [1.165, 1.54) is 14.0 Å². The number of carbonyl (C=O) groups is 5. The second kappa shape index (κ2) is 18.7. The molecule has 12 nitrogen and oxygen atoms in total. The van der Waals surface area contributed by atoms with Crippen LogP contribution in [0.25, 0.3) is 11.1 Å². The van der Waals surface area contributed by atoms with E-state index < -0.39 is 12.1 Å². The molecule has 0 aliphatic heterocycles. The topological polar surface area (TPSA) is 150 Å². The summed E-state index contributed by atoms with van der Waals surface area (Å²) in [7, 11) is 4.73. The van der Waals surface area contributed by atoms with Crippen LogP contribution in [0.4, 0.5) is 4.79 Å². The summed E-state index contributed by atoms with van der Waals surface area (Å²) in [6, 6.07) is 11.2. The van der Waals surface area contributed by atoms with Crippen LogP contribution in [-0.4, -0.2) is 108 Å². The molecule has 0 atom stereocenters. The maximum atomic E-state index is 12.9. The molecule has 0 unspecified atom stereocenters. The second-order valence-electron chi connectivity index (χ2n) is 11.0. The van der Waals surface area contributed by atoms with Crippen molar-refractivity contribution in [3.8, 4) is 11.1 Å². The third-order valence-electron chi connectivity index (χ3n) is 7.73. The lowest BCUT2D eigenvalue weighted by Gasteiger charge is -2.21. The van der Waals surface area contributed by atoms with E-state index in [0.717, 1.165) is 22.3 Å². The number of nitrogens with one attached hydrogen (secondary N) is 2. The van der Waals surface area contributed by atoms with Gasteiger partial charge in [0.05, 0.1) is 6.54 Å². The highest BCUT2D eigenvalue weighted by molar-refractivity contribution is 5.99. The summed E-state index contributed by atoms with van der Waals surface area (Å²) in [5, 5.41) is 5.27. The van der Waals surface area contributed by atoms with Gasteiger partial charge in [0.25, 0.3) is 0 Å². The number of alkyl carbamates (subject to hydrolysis) is 1. The minimum absolute atomic E-state index is 0.00256. The molecule has 0 spiro atoms. The fourth-order valence-electron chi connectivity index (χ4n) is 5.33. The molecule has 0 fully saturated rings. The molecule has 2 aromatic rings. The van der Waals surface area contributed by atoms with E-state index in [9.17, 15) is 24.0 Å². The zero-order valence-corrected chi connectivity index (χ0v) is 27.1. The Morgan fingerprint density at radius 2 is 1.35 bits per heavy atom. The van der Waals surface area contributed by atoms with Crippen LogP contribution in [0, 0.1) is 0 Å². The second-order valence-corrected chi connectivity index (χ2v) is 11.0. The SMILES string of the molecule is CNC(=O)CN(CCNC(=O)OCC1c2cc(C(=O)CCCOC)ccc2-c2ccc(C(=O)CCCOC)cc21)CCOC(C)=O. The lowest BCUT2D eigenvalue weighted by atomic mass is 9.93. The smallest absolute Gasteiger partial charge is 0.407 e. The molecule has 0 bridgehead atoms. The molecule has 0 heterocycles. The molecule has 1 aliphatic carbocycles. The predicted molar refractivity (Wildman–Crippen MR) is 171 cm³/mol. The molecule has 0 saturated carbocycles. The number of benzene rings is 2. The molecule has 12 heteroatoms. The van der Waals surface area contributed by atoms with Gasteiger partial charge in [0.2, 0.25) is 5.91 Å². The lowest BCUT2D eigenvalue weighted by molar-refractivity contribution is -0.141. The first-order chi connectivity index (χ1) is 22.2. The summed E-state index contributed by atoms with van der Waals surface area (Å²) < 4.78 is 20.8. The lowest BCUT2D eigenvalue weighted by Crippen LogP contribution is -2.42. The van der Waals surface area contributed by atoms with Crippen LogP contribution in [0.1, 0.15) is 70.4 Å². The summed E-state index contributed by atoms with van der Waals surface area (Å²) in [4.78, 5) is 63.4. The van der Waals surface area contributed by atoms with Gasteiger partial charge in [-0.05, 0) is 47.2 Å². The van der Waals surface area contributed by atoms with Gasteiger partial charge < -0.3 is 29.6 Å². The van der Waals surface area contributed by atoms with Crippen molar-refractivity contribution >= 4 is 29.5 Å². The molecule has 0 radical (unpaired) electrons. The number of fused-ring (bicyclic) bond motifs is 3. The number of carbonyl (C=O) groups excluding carboxylic acids is 5. The summed E-state index contributed by atoms with van der Waals surface area (Å²) in [6.45, 7) is 3.30. The number of methoxy groups -OCH3 is 2. The first-order valence-electron chi connectivity index (χ1n) is 15.5. The quantitative estimate of drug-likeness (QED) is 0.125. The molecule has 1 aliphatic rings. The van der Waals surface area contributed by atoms with Crippen LogP contribution in [0.3, 0.4) is 0 Å². The van der Waals surface area contributed by atoms with Gasteiger partial charge in [-0.15, -0.1) is 0 Å². The number of Topliss-reactive ketones (excluding diaryl/α,β-unsaturated/α-hetero) is 2. The zero-order valence-electron chi connectivity index (χ0n) is 27.1.